The highest BCUT2D eigenvalue weighted by molar-refractivity contribution is 6.31. The molecule has 0 spiro atoms. The van der Waals surface area contributed by atoms with Crippen molar-refractivity contribution in [3.05, 3.63) is 22.6 Å². The number of nitrogens with one attached hydrogen (secondary N) is 1. The van der Waals surface area contributed by atoms with Crippen LogP contribution in [0.1, 0.15) is 63.0 Å². The highest BCUT2D eigenvalue weighted by Gasteiger charge is 2.23. The highest BCUT2D eigenvalue weighted by Crippen LogP contribution is 2.36. The zero-order valence-corrected chi connectivity index (χ0v) is 10.8. The Kier molecular flexibility index (Phi) is 3.93. The molecule has 1 aliphatic heterocycles. The second kappa shape index (κ2) is 5.24. The van der Waals surface area contributed by atoms with Gasteiger partial charge in [0, 0.05) is 12.0 Å². The molecule has 1 saturated heterocycles. The van der Waals surface area contributed by atoms with Crippen LogP contribution in [0.15, 0.2) is 10.5 Å². The van der Waals surface area contributed by atoms with E-state index in [0.717, 1.165) is 42.4 Å². The number of rotatable bonds is 4. The standard InChI is InChI=1S/C13H20ClNO/c1-3-9(4-2)13-10(14)8-12(16-13)11-6-5-7-15-11/h8-9,11,15H,3-7H2,1-2H3. The molecule has 0 saturated carbocycles. The first-order valence-electron chi connectivity index (χ1n) is 6.28. The Bertz CT molecular complexity index is 338. The van der Waals surface area contributed by atoms with Crippen LogP contribution >= 0.6 is 11.6 Å². The van der Waals surface area contributed by atoms with Crippen molar-refractivity contribution in [2.75, 3.05) is 6.54 Å². The molecule has 0 amide bonds. The Morgan fingerprint density at radius 3 is 2.81 bits per heavy atom. The summed E-state index contributed by atoms with van der Waals surface area (Å²) in [5.74, 6) is 2.46. The Balaban J connectivity index is 2.20. The average molecular weight is 242 g/mol. The number of furan rings is 1. The first-order valence-corrected chi connectivity index (χ1v) is 6.66. The average Bonchev–Trinajstić information content (AvgIpc) is 2.90. The van der Waals surface area contributed by atoms with Crippen molar-refractivity contribution in [2.45, 2.75) is 51.5 Å². The molecular weight excluding hydrogens is 222 g/mol. The summed E-state index contributed by atoms with van der Waals surface area (Å²) in [6.07, 6.45) is 4.55. The van der Waals surface area contributed by atoms with E-state index in [9.17, 15) is 0 Å². The fourth-order valence-corrected chi connectivity index (χ4v) is 2.74. The molecule has 2 heterocycles. The zero-order valence-electron chi connectivity index (χ0n) is 10.1. The first-order chi connectivity index (χ1) is 7.76. The summed E-state index contributed by atoms with van der Waals surface area (Å²) in [4.78, 5) is 0. The molecule has 3 heteroatoms. The van der Waals surface area contributed by atoms with Gasteiger partial charge in [0.05, 0.1) is 11.1 Å². The molecule has 1 N–H and O–H groups in total. The van der Waals surface area contributed by atoms with Crippen molar-refractivity contribution in [3.63, 3.8) is 0 Å². The molecule has 0 bridgehead atoms. The summed E-state index contributed by atoms with van der Waals surface area (Å²) < 4.78 is 5.95. The van der Waals surface area contributed by atoms with Crippen LogP contribution < -0.4 is 5.32 Å². The van der Waals surface area contributed by atoms with E-state index in [4.69, 9.17) is 16.0 Å². The van der Waals surface area contributed by atoms with Crippen LogP contribution in [-0.2, 0) is 0 Å². The van der Waals surface area contributed by atoms with Crippen LogP contribution in [0.2, 0.25) is 5.02 Å². The van der Waals surface area contributed by atoms with Crippen molar-refractivity contribution < 1.29 is 4.42 Å². The Morgan fingerprint density at radius 1 is 1.50 bits per heavy atom. The van der Waals surface area contributed by atoms with Gasteiger partial charge in [-0.2, -0.15) is 0 Å². The molecule has 90 valence electrons. The molecule has 16 heavy (non-hydrogen) atoms. The molecule has 1 atom stereocenters. The monoisotopic (exact) mass is 241 g/mol. The van der Waals surface area contributed by atoms with Crippen LogP contribution in [0, 0.1) is 0 Å². The van der Waals surface area contributed by atoms with E-state index in [1.54, 1.807) is 0 Å². The van der Waals surface area contributed by atoms with E-state index >= 15 is 0 Å². The lowest BCUT2D eigenvalue weighted by Crippen LogP contribution is -2.11. The summed E-state index contributed by atoms with van der Waals surface area (Å²) in [6.45, 7) is 5.45. The van der Waals surface area contributed by atoms with E-state index in [1.807, 2.05) is 6.07 Å². The molecule has 2 nitrogen and oxygen atoms in total. The van der Waals surface area contributed by atoms with Crippen LogP contribution in [0.25, 0.3) is 0 Å². The van der Waals surface area contributed by atoms with E-state index < -0.39 is 0 Å². The number of hydrogen-bond acceptors (Lipinski definition) is 2. The molecule has 1 fully saturated rings. The number of halogens is 1. The van der Waals surface area contributed by atoms with Crippen LogP contribution in [0.3, 0.4) is 0 Å². The van der Waals surface area contributed by atoms with E-state index in [0.29, 0.717) is 12.0 Å². The minimum absolute atomic E-state index is 0.376. The van der Waals surface area contributed by atoms with Gasteiger partial charge in [-0.25, -0.2) is 0 Å². The maximum Gasteiger partial charge on any atom is 0.125 e. The predicted molar refractivity (Wildman–Crippen MR) is 67.0 cm³/mol. The predicted octanol–water partition coefficient (Wildman–Crippen LogP) is 4.26. The van der Waals surface area contributed by atoms with Gasteiger partial charge in [-0.05, 0) is 32.2 Å². The van der Waals surface area contributed by atoms with Crippen molar-refractivity contribution >= 4 is 11.6 Å². The lowest BCUT2D eigenvalue weighted by atomic mass is 10.0. The van der Waals surface area contributed by atoms with Crippen molar-refractivity contribution in [1.29, 1.82) is 0 Å². The molecule has 1 aromatic rings. The molecular formula is C13H20ClNO. The van der Waals surface area contributed by atoms with Gasteiger partial charge in [0.2, 0.25) is 0 Å². The maximum absolute atomic E-state index is 6.25. The Morgan fingerprint density at radius 2 is 2.25 bits per heavy atom. The summed E-state index contributed by atoms with van der Waals surface area (Å²) >= 11 is 6.25. The summed E-state index contributed by atoms with van der Waals surface area (Å²) in [6, 6.07) is 2.37. The Hall–Kier alpha value is -0.470. The minimum Gasteiger partial charge on any atom is -0.463 e. The van der Waals surface area contributed by atoms with E-state index in [2.05, 4.69) is 19.2 Å². The summed E-state index contributed by atoms with van der Waals surface area (Å²) in [5, 5.41) is 4.24. The largest absolute Gasteiger partial charge is 0.463 e. The van der Waals surface area contributed by atoms with Crippen molar-refractivity contribution in [2.24, 2.45) is 0 Å². The minimum atomic E-state index is 0.376. The third-order valence-electron chi connectivity index (χ3n) is 3.49. The van der Waals surface area contributed by atoms with Gasteiger partial charge >= 0.3 is 0 Å². The van der Waals surface area contributed by atoms with Gasteiger partial charge in [0.15, 0.2) is 0 Å². The third-order valence-corrected chi connectivity index (χ3v) is 3.79. The molecule has 0 radical (unpaired) electrons. The molecule has 2 rings (SSSR count). The topological polar surface area (TPSA) is 25.2 Å². The third kappa shape index (κ3) is 2.28. The number of hydrogen-bond donors (Lipinski definition) is 1. The van der Waals surface area contributed by atoms with Gasteiger partial charge < -0.3 is 9.73 Å². The zero-order chi connectivity index (χ0) is 11.5. The van der Waals surface area contributed by atoms with Gasteiger partial charge in [-0.15, -0.1) is 0 Å². The normalized spacial score (nSPS) is 20.9. The van der Waals surface area contributed by atoms with E-state index in [1.165, 1.54) is 6.42 Å². The van der Waals surface area contributed by atoms with Gasteiger partial charge in [0.1, 0.15) is 11.5 Å². The van der Waals surface area contributed by atoms with Gasteiger partial charge in [-0.1, -0.05) is 25.4 Å². The SMILES string of the molecule is CCC(CC)c1oc(C2CCCN2)cc1Cl. The van der Waals surface area contributed by atoms with Gasteiger partial charge in [0.25, 0.3) is 0 Å². The fourth-order valence-electron chi connectivity index (χ4n) is 2.44. The molecule has 1 aliphatic rings. The lowest BCUT2D eigenvalue weighted by molar-refractivity contribution is 0.387. The smallest absolute Gasteiger partial charge is 0.125 e. The maximum atomic E-state index is 6.25. The van der Waals surface area contributed by atoms with E-state index in [-0.39, 0.29) is 0 Å². The van der Waals surface area contributed by atoms with Gasteiger partial charge in [-0.3, -0.25) is 0 Å². The highest BCUT2D eigenvalue weighted by atomic mass is 35.5. The summed E-state index contributed by atoms with van der Waals surface area (Å²) in [7, 11) is 0. The molecule has 0 aromatic carbocycles. The Labute approximate surface area is 102 Å². The van der Waals surface area contributed by atoms with Crippen molar-refractivity contribution in [1.82, 2.24) is 5.32 Å². The molecule has 0 aliphatic carbocycles. The molecule has 1 unspecified atom stereocenters. The first kappa shape index (κ1) is 12.0. The van der Waals surface area contributed by atoms with Crippen LogP contribution in [-0.4, -0.2) is 6.54 Å². The lowest BCUT2D eigenvalue weighted by Gasteiger charge is -2.10. The van der Waals surface area contributed by atoms with Crippen LogP contribution in [0.4, 0.5) is 0 Å². The second-order valence-electron chi connectivity index (χ2n) is 4.52. The summed E-state index contributed by atoms with van der Waals surface area (Å²) in [5.41, 5.74) is 0. The van der Waals surface area contributed by atoms with Crippen molar-refractivity contribution in [3.8, 4) is 0 Å². The quantitative estimate of drug-likeness (QED) is 0.852. The second-order valence-corrected chi connectivity index (χ2v) is 4.93. The fraction of sp³-hybridized carbons (Fsp3) is 0.692. The van der Waals surface area contributed by atoms with Crippen LogP contribution in [0.5, 0.6) is 0 Å². The molecule has 1 aromatic heterocycles.